The second kappa shape index (κ2) is 7.87. The van der Waals surface area contributed by atoms with Crippen LogP contribution < -0.4 is 5.32 Å². The van der Waals surface area contributed by atoms with Gasteiger partial charge < -0.3 is 10.1 Å². The minimum absolute atomic E-state index is 0.456. The van der Waals surface area contributed by atoms with Crippen molar-refractivity contribution in [3.8, 4) is 0 Å². The van der Waals surface area contributed by atoms with Crippen molar-refractivity contribution in [3.63, 3.8) is 0 Å². The van der Waals surface area contributed by atoms with E-state index in [1.807, 2.05) is 0 Å². The quantitative estimate of drug-likeness (QED) is 0.851. The molecule has 1 aromatic carbocycles. The molecule has 1 N–H and O–H groups in total. The predicted molar refractivity (Wildman–Crippen MR) is 76.2 cm³/mol. The largest absolute Gasteiger partial charge is 0.452 e. The fourth-order valence-electron chi connectivity index (χ4n) is 2.60. The van der Waals surface area contributed by atoms with E-state index in [-0.39, 0.29) is 0 Å². The van der Waals surface area contributed by atoms with Gasteiger partial charge in [-0.3, -0.25) is 4.79 Å². The lowest BCUT2D eigenvalue weighted by Crippen LogP contribution is -2.33. The van der Waals surface area contributed by atoms with Crippen molar-refractivity contribution in [2.24, 2.45) is 5.92 Å². The van der Waals surface area contributed by atoms with Crippen LogP contribution in [0.4, 0.5) is 8.78 Å². The van der Waals surface area contributed by atoms with Crippen molar-refractivity contribution < 1.29 is 23.1 Å². The number of carbonyl (C=O) groups excluding carboxylic acids is 2. The summed E-state index contributed by atoms with van der Waals surface area (Å²) in [4.78, 5) is 23.2. The number of amides is 1. The van der Waals surface area contributed by atoms with Gasteiger partial charge in [-0.1, -0.05) is 25.3 Å². The van der Waals surface area contributed by atoms with Gasteiger partial charge in [-0.05, 0) is 30.9 Å². The minimum Gasteiger partial charge on any atom is -0.452 e. The maximum absolute atomic E-state index is 13.4. The number of hydrogen-bond acceptors (Lipinski definition) is 3. The molecular weight excluding hydrogens is 292 g/mol. The normalized spacial score (nSPS) is 15.4. The van der Waals surface area contributed by atoms with Gasteiger partial charge in [-0.2, -0.15) is 0 Å². The Hall–Kier alpha value is -1.98. The minimum atomic E-state index is -1.18. The molecule has 4 nitrogen and oxygen atoms in total. The first-order valence-electron chi connectivity index (χ1n) is 7.45. The molecule has 0 radical (unpaired) electrons. The molecular formula is C16H19F2NO3. The molecule has 1 aliphatic carbocycles. The summed E-state index contributed by atoms with van der Waals surface area (Å²) < 4.78 is 31.4. The van der Waals surface area contributed by atoms with E-state index in [2.05, 4.69) is 10.1 Å². The summed E-state index contributed by atoms with van der Waals surface area (Å²) in [5, 5.41) is 2.68. The van der Waals surface area contributed by atoms with Crippen molar-refractivity contribution in [2.75, 3.05) is 13.2 Å². The molecule has 1 aliphatic rings. The average Bonchev–Trinajstić information content (AvgIpc) is 2.52. The van der Waals surface area contributed by atoms with Crippen LogP contribution in [0.1, 0.15) is 42.5 Å². The van der Waals surface area contributed by atoms with Gasteiger partial charge >= 0.3 is 5.97 Å². The second-order valence-corrected chi connectivity index (χ2v) is 5.48. The highest BCUT2D eigenvalue weighted by atomic mass is 19.1. The molecule has 1 fully saturated rings. The van der Waals surface area contributed by atoms with E-state index in [9.17, 15) is 18.4 Å². The summed E-state index contributed by atoms with van der Waals surface area (Å²) in [6, 6.07) is 3.07. The van der Waals surface area contributed by atoms with Crippen LogP contribution in [-0.2, 0) is 9.53 Å². The summed E-state index contributed by atoms with van der Waals surface area (Å²) >= 11 is 0. The Bertz CT molecular complexity index is 522. The molecule has 0 unspecified atom stereocenters. The fourth-order valence-corrected chi connectivity index (χ4v) is 2.60. The SMILES string of the molecule is O=C(COC(=O)c1c(F)cccc1F)NCC1CCCCC1. The van der Waals surface area contributed by atoms with Crippen LogP contribution in [0.25, 0.3) is 0 Å². The number of esters is 1. The third-order valence-corrected chi connectivity index (χ3v) is 3.81. The van der Waals surface area contributed by atoms with Crippen molar-refractivity contribution in [2.45, 2.75) is 32.1 Å². The van der Waals surface area contributed by atoms with E-state index < -0.39 is 35.7 Å². The number of carbonyl (C=O) groups is 2. The highest BCUT2D eigenvalue weighted by Gasteiger charge is 2.20. The number of hydrogen-bond donors (Lipinski definition) is 1. The van der Waals surface area contributed by atoms with Crippen LogP contribution in [0.2, 0.25) is 0 Å². The predicted octanol–water partition coefficient (Wildman–Crippen LogP) is 2.82. The summed E-state index contributed by atoms with van der Waals surface area (Å²) in [7, 11) is 0. The summed E-state index contributed by atoms with van der Waals surface area (Å²) in [5.41, 5.74) is -0.775. The lowest BCUT2D eigenvalue weighted by atomic mass is 9.89. The molecule has 22 heavy (non-hydrogen) atoms. The lowest BCUT2D eigenvalue weighted by molar-refractivity contribution is -0.124. The molecule has 6 heteroatoms. The maximum Gasteiger partial charge on any atom is 0.344 e. The molecule has 0 bridgehead atoms. The van der Waals surface area contributed by atoms with Gasteiger partial charge in [0.2, 0.25) is 0 Å². The lowest BCUT2D eigenvalue weighted by Gasteiger charge is -2.21. The smallest absolute Gasteiger partial charge is 0.344 e. The van der Waals surface area contributed by atoms with E-state index in [0.717, 1.165) is 31.0 Å². The van der Waals surface area contributed by atoms with Crippen molar-refractivity contribution >= 4 is 11.9 Å². The number of benzene rings is 1. The van der Waals surface area contributed by atoms with E-state index >= 15 is 0 Å². The molecule has 2 rings (SSSR count). The first kappa shape index (κ1) is 16.4. The number of halogens is 2. The Balaban J connectivity index is 1.77. The zero-order valence-electron chi connectivity index (χ0n) is 12.2. The third kappa shape index (κ3) is 4.51. The van der Waals surface area contributed by atoms with Crippen LogP contribution in [0.5, 0.6) is 0 Å². The summed E-state index contributed by atoms with van der Waals surface area (Å²) in [5.74, 6) is -3.20. The van der Waals surface area contributed by atoms with Crippen LogP contribution in [-0.4, -0.2) is 25.0 Å². The molecule has 1 saturated carbocycles. The Kier molecular flexibility index (Phi) is 5.86. The van der Waals surface area contributed by atoms with Crippen molar-refractivity contribution in [1.82, 2.24) is 5.32 Å². The average molecular weight is 311 g/mol. The fraction of sp³-hybridized carbons (Fsp3) is 0.500. The molecule has 120 valence electrons. The van der Waals surface area contributed by atoms with Gasteiger partial charge in [0, 0.05) is 6.54 Å². The monoisotopic (exact) mass is 311 g/mol. The molecule has 0 saturated heterocycles. The van der Waals surface area contributed by atoms with E-state index in [1.54, 1.807) is 0 Å². The Morgan fingerprint density at radius 2 is 1.77 bits per heavy atom. The summed E-state index contributed by atoms with van der Waals surface area (Å²) in [6.45, 7) is 0.00374. The van der Waals surface area contributed by atoms with Gasteiger partial charge in [-0.15, -0.1) is 0 Å². The van der Waals surface area contributed by atoms with Crippen molar-refractivity contribution in [3.05, 3.63) is 35.4 Å². The molecule has 1 aromatic rings. The Morgan fingerprint density at radius 1 is 1.14 bits per heavy atom. The number of nitrogens with one attached hydrogen (secondary N) is 1. The van der Waals surface area contributed by atoms with Crippen LogP contribution in [0.3, 0.4) is 0 Å². The van der Waals surface area contributed by atoms with Gasteiger partial charge in [0.15, 0.2) is 6.61 Å². The molecule has 0 aromatic heterocycles. The Morgan fingerprint density at radius 3 is 2.41 bits per heavy atom. The van der Waals surface area contributed by atoms with E-state index in [1.165, 1.54) is 19.3 Å². The van der Waals surface area contributed by atoms with Crippen molar-refractivity contribution in [1.29, 1.82) is 0 Å². The highest BCUT2D eigenvalue weighted by molar-refractivity contribution is 5.91. The topological polar surface area (TPSA) is 55.4 Å². The zero-order chi connectivity index (χ0) is 15.9. The molecule has 0 atom stereocenters. The van der Waals surface area contributed by atoms with Crippen LogP contribution >= 0.6 is 0 Å². The molecule has 0 heterocycles. The molecule has 0 spiro atoms. The second-order valence-electron chi connectivity index (χ2n) is 5.48. The molecule has 1 amide bonds. The van der Waals surface area contributed by atoms with Gasteiger partial charge in [0.1, 0.15) is 17.2 Å². The van der Waals surface area contributed by atoms with Gasteiger partial charge in [0.05, 0.1) is 0 Å². The van der Waals surface area contributed by atoms with E-state index in [4.69, 9.17) is 0 Å². The first-order chi connectivity index (χ1) is 10.6. The third-order valence-electron chi connectivity index (χ3n) is 3.81. The van der Waals surface area contributed by atoms with Crippen LogP contribution in [0, 0.1) is 17.6 Å². The maximum atomic E-state index is 13.4. The highest BCUT2D eigenvalue weighted by Crippen LogP contribution is 2.22. The van der Waals surface area contributed by atoms with Crippen LogP contribution in [0.15, 0.2) is 18.2 Å². The number of rotatable bonds is 5. The summed E-state index contributed by atoms with van der Waals surface area (Å²) in [6.07, 6.45) is 5.74. The number of ether oxygens (including phenoxy) is 1. The first-order valence-corrected chi connectivity index (χ1v) is 7.45. The van der Waals surface area contributed by atoms with Gasteiger partial charge in [-0.25, -0.2) is 13.6 Å². The standard InChI is InChI=1S/C16H19F2NO3/c17-12-7-4-8-13(18)15(12)16(21)22-10-14(20)19-9-11-5-2-1-3-6-11/h4,7-8,11H,1-3,5-6,9-10H2,(H,19,20). The van der Waals surface area contributed by atoms with Gasteiger partial charge in [0.25, 0.3) is 5.91 Å². The molecule has 0 aliphatic heterocycles. The zero-order valence-corrected chi connectivity index (χ0v) is 12.2. The Labute approximate surface area is 127 Å². The van der Waals surface area contributed by atoms with E-state index in [0.29, 0.717) is 12.5 Å².